The van der Waals surface area contributed by atoms with E-state index in [9.17, 15) is 9.13 Å². The summed E-state index contributed by atoms with van der Waals surface area (Å²) >= 11 is 0. The highest BCUT2D eigenvalue weighted by atomic mass is 31.2. The molecule has 28 heavy (non-hydrogen) atoms. The summed E-state index contributed by atoms with van der Waals surface area (Å²) in [4.78, 5) is 0. The van der Waals surface area contributed by atoms with Crippen LogP contribution in [-0.4, -0.2) is 63.9 Å². The highest BCUT2D eigenvalue weighted by Gasteiger charge is 2.29. The van der Waals surface area contributed by atoms with Gasteiger partial charge in [0.1, 0.15) is 0 Å². The molecule has 1 saturated carbocycles. The van der Waals surface area contributed by atoms with Crippen LogP contribution in [0.15, 0.2) is 0 Å². The third-order valence-corrected chi connectivity index (χ3v) is 8.80. The lowest BCUT2D eigenvalue weighted by atomic mass is 9.90. The zero-order valence-corrected chi connectivity index (χ0v) is 19.8. The summed E-state index contributed by atoms with van der Waals surface area (Å²) in [6, 6.07) is 0.563. The normalized spacial score (nSPS) is 21.1. The van der Waals surface area contributed by atoms with Crippen molar-refractivity contribution in [1.82, 2.24) is 10.6 Å². The second-order valence-electron chi connectivity index (χ2n) is 6.75. The first-order valence-corrected chi connectivity index (χ1v) is 14.1. The van der Waals surface area contributed by atoms with Gasteiger partial charge in [0.2, 0.25) is 0 Å². The maximum absolute atomic E-state index is 12.6. The van der Waals surface area contributed by atoms with Gasteiger partial charge in [0.15, 0.2) is 0 Å². The van der Waals surface area contributed by atoms with Crippen LogP contribution >= 0.6 is 15.2 Å². The first-order chi connectivity index (χ1) is 13.4. The highest BCUT2D eigenvalue weighted by Crippen LogP contribution is 2.48. The van der Waals surface area contributed by atoms with E-state index in [1.807, 2.05) is 27.7 Å². The summed E-state index contributed by atoms with van der Waals surface area (Å²) in [5.74, 6) is 0. The summed E-state index contributed by atoms with van der Waals surface area (Å²) < 4.78 is 46.6. The van der Waals surface area contributed by atoms with Crippen LogP contribution in [0.4, 0.5) is 0 Å². The van der Waals surface area contributed by atoms with Gasteiger partial charge in [-0.1, -0.05) is 12.8 Å². The summed E-state index contributed by atoms with van der Waals surface area (Å²) in [5.41, 5.74) is 0. The van der Waals surface area contributed by atoms with Gasteiger partial charge < -0.3 is 28.7 Å². The molecule has 168 valence electrons. The summed E-state index contributed by atoms with van der Waals surface area (Å²) in [6.45, 7) is 9.97. The van der Waals surface area contributed by atoms with E-state index in [4.69, 9.17) is 18.1 Å². The third kappa shape index (κ3) is 9.82. The van der Waals surface area contributed by atoms with Crippen molar-refractivity contribution in [1.29, 1.82) is 0 Å². The molecule has 0 heterocycles. The lowest BCUT2D eigenvalue weighted by Gasteiger charge is -2.33. The second kappa shape index (κ2) is 14.3. The molecule has 8 nitrogen and oxygen atoms in total. The van der Waals surface area contributed by atoms with Gasteiger partial charge in [0.05, 0.1) is 38.8 Å². The zero-order valence-electron chi connectivity index (χ0n) is 18.0. The molecule has 0 aromatic rings. The zero-order chi connectivity index (χ0) is 20.9. The smallest absolute Gasteiger partial charge is 0.312 e. The third-order valence-electron chi connectivity index (χ3n) is 4.65. The van der Waals surface area contributed by atoms with E-state index in [0.29, 0.717) is 51.8 Å². The Hall–Kier alpha value is 0.220. The van der Waals surface area contributed by atoms with Crippen molar-refractivity contribution in [3.05, 3.63) is 0 Å². The van der Waals surface area contributed by atoms with Crippen LogP contribution in [0.2, 0.25) is 0 Å². The number of hydrogen-bond acceptors (Lipinski definition) is 8. The van der Waals surface area contributed by atoms with Crippen LogP contribution in [0.25, 0.3) is 0 Å². The fourth-order valence-corrected chi connectivity index (χ4v) is 6.56. The maximum atomic E-state index is 12.6. The SMILES string of the molecule is CCOP(=O)(CCN[C@H]1CCCC[C@@H]1NCCP(=O)(OCC)OCC)OCC. The highest BCUT2D eigenvalue weighted by molar-refractivity contribution is 7.54. The minimum atomic E-state index is -3.02. The van der Waals surface area contributed by atoms with Gasteiger partial charge in [-0.2, -0.15) is 0 Å². The molecule has 0 aliphatic heterocycles. The molecule has 0 spiro atoms. The predicted molar refractivity (Wildman–Crippen MR) is 114 cm³/mol. The minimum Gasteiger partial charge on any atom is -0.312 e. The average Bonchev–Trinajstić information content (AvgIpc) is 2.64. The fraction of sp³-hybridized carbons (Fsp3) is 1.00. The largest absolute Gasteiger partial charge is 0.331 e. The van der Waals surface area contributed by atoms with Crippen molar-refractivity contribution in [2.75, 3.05) is 51.8 Å². The van der Waals surface area contributed by atoms with E-state index in [0.717, 1.165) is 12.8 Å². The molecule has 10 heteroatoms. The molecular formula is C18H40N2O6P2. The van der Waals surface area contributed by atoms with E-state index < -0.39 is 15.2 Å². The first kappa shape index (κ1) is 26.3. The maximum Gasteiger partial charge on any atom is 0.331 e. The first-order valence-electron chi connectivity index (χ1n) is 10.6. The molecule has 2 N–H and O–H groups in total. The standard InChI is InChI=1S/C18H40N2O6P2/c1-5-23-27(21,24-6-2)15-13-19-17-11-9-10-12-18(17)20-14-16-28(22,25-7-3)26-8-4/h17-20H,5-16H2,1-4H3/t17-,18-/m0/s1. The quantitative estimate of drug-likeness (QED) is 0.346. The molecule has 1 rings (SSSR count). The molecule has 0 amide bonds. The van der Waals surface area contributed by atoms with E-state index in [1.165, 1.54) is 12.8 Å². The van der Waals surface area contributed by atoms with Crippen molar-refractivity contribution >= 4 is 15.2 Å². The summed E-state index contributed by atoms with van der Waals surface area (Å²) in [5, 5.41) is 7.03. The van der Waals surface area contributed by atoms with E-state index in [2.05, 4.69) is 10.6 Å². The van der Waals surface area contributed by atoms with Crippen molar-refractivity contribution in [2.24, 2.45) is 0 Å². The Bertz CT molecular complexity index is 444. The fourth-order valence-electron chi connectivity index (χ4n) is 3.51. The van der Waals surface area contributed by atoms with Gasteiger partial charge in [0.25, 0.3) is 0 Å². The Morgan fingerprint density at radius 2 is 1.00 bits per heavy atom. The molecule has 2 atom stereocenters. The number of nitrogens with one attached hydrogen (secondary N) is 2. The van der Waals surface area contributed by atoms with Gasteiger partial charge in [0, 0.05) is 25.2 Å². The summed E-state index contributed by atoms with van der Waals surface area (Å²) in [7, 11) is -6.04. The molecular weight excluding hydrogens is 402 g/mol. The molecule has 0 unspecified atom stereocenters. The van der Waals surface area contributed by atoms with Gasteiger partial charge in [-0.15, -0.1) is 0 Å². The second-order valence-corrected chi connectivity index (χ2v) is 11.1. The Kier molecular flexibility index (Phi) is 13.4. The van der Waals surface area contributed by atoms with Crippen molar-refractivity contribution < 1.29 is 27.2 Å². The Morgan fingerprint density at radius 3 is 1.29 bits per heavy atom. The van der Waals surface area contributed by atoms with E-state index in [1.54, 1.807) is 0 Å². The predicted octanol–water partition coefficient (Wildman–Crippen LogP) is 4.01. The van der Waals surface area contributed by atoms with E-state index in [-0.39, 0.29) is 12.1 Å². The molecule has 1 fully saturated rings. The monoisotopic (exact) mass is 442 g/mol. The van der Waals surface area contributed by atoms with Crippen LogP contribution < -0.4 is 10.6 Å². The van der Waals surface area contributed by atoms with Crippen LogP contribution in [0.5, 0.6) is 0 Å². The molecule has 0 aromatic heterocycles. The van der Waals surface area contributed by atoms with Crippen LogP contribution in [0.1, 0.15) is 53.4 Å². The average molecular weight is 442 g/mol. The van der Waals surface area contributed by atoms with Crippen LogP contribution in [0.3, 0.4) is 0 Å². The van der Waals surface area contributed by atoms with Crippen LogP contribution in [0, 0.1) is 0 Å². The minimum absolute atomic E-state index is 0.282. The summed E-state index contributed by atoms with van der Waals surface area (Å²) in [6.07, 6.45) is 5.17. The molecule has 0 radical (unpaired) electrons. The van der Waals surface area contributed by atoms with E-state index >= 15 is 0 Å². The molecule has 1 aliphatic rings. The molecule has 0 bridgehead atoms. The molecule has 0 aromatic carbocycles. The number of rotatable bonds is 16. The lowest BCUT2D eigenvalue weighted by molar-refractivity contribution is 0.215. The molecule has 0 saturated heterocycles. The van der Waals surface area contributed by atoms with Crippen molar-refractivity contribution in [2.45, 2.75) is 65.5 Å². The van der Waals surface area contributed by atoms with Gasteiger partial charge in [-0.05, 0) is 40.5 Å². The lowest BCUT2D eigenvalue weighted by Crippen LogP contribution is -2.51. The Balaban J connectivity index is 2.48. The Labute approximate surface area is 170 Å². The number of hydrogen-bond donors (Lipinski definition) is 2. The van der Waals surface area contributed by atoms with Gasteiger partial charge >= 0.3 is 15.2 Å². The Morgan fingerprint density at radius 1 is 0.679 bits per heavy atom. The van der Waals surface area contributed by atoms with Gasteiger partial charge in [-0.3, -0.25) is 9.13 Å². The van der Waals surface area contributed by atoms with Crippen LogP contribution in [-0.2, 0) is 27.2 Å². The topological polar surface area (TPSA) is 95.1 Å². The van der Waals surface area contributed by atoms with Crippen molar-refractivity contribution in [3.63, 3.8) is 0 Å². The van der Waals surface area contributed by atoms with Gasteiger partial charge in [-0.25, -0.2) is 0 Å². The molecule has 1 aliphatic carbocycles. The van der Waals surface area contributed by atoms with Crippen molar-refractivity contribution in [3.8, 4) is 0 Å².